The monoisotopic (exact) mass is 435 g/mol. The minimum Gasteiger partial charge on any atom is -0.469 e. The minimum absolute atomic E-state index is 0.000836. The second-order valence-electron chi connectivity index (χ2n) is 8.34. The molecule has 1 saturated carbocycles. The number of nitrogens with zero attached hydrogens (tertiary/aromatic N) is 1. The van der Waals surface area contributed by atoms with E-state index < -0.39 is 18.3 Å². The molecule has 2 aromatic rings. The van der Waals surface area contributed by atoms with Crippen LogP contribution in [0.25, 0.3) is 10.2 Å². The average Bonchev–Trinajstić information content (AvgIpc) is 3.29. The molecule has 30 heavy (non-hydrogen) atoms. The summed E-state index contributed by atoms with van der Waals surface area (Å²) in [5.74, 6) is -0.113. The Morgan fingerprint density at radius 1 is 1.13 bits per heavy atom. The van der Waals surface area contributed by atoms with Gasteiger partial charge in [0, 0.05) is 6.42 Å². The van der Waals surface area contributed by atoms with Crippen LogP contribution < -0.4 is 0 Å². The van der Waals surface area contributed by atoms with Gasteiger partial charge in [-0.2, -0.15) is 0 Å². The Labute approximate surface area is 181 Å². The summed E-state index contributed by atoms with van der Waals surface area (Å²) in [6.07, 6.45) is 5.01. The molecule has 1 fully saturated rings. The Bertz CT molecular complexity index is 777. The second kappa shape index (κ2) is 11.2. The largest absolute Gasteiger partial charge is 0.469 e. The van der Waals surface area contributed by atoms with Crippen LogP contribution in [0.2, 0.25) is 0 Å². The van der Waals surface area contributed by atoms with Crippen molar-refractivity contribution in [1.29, 1.82) is 0 Å². The van der Waals surface area contributed by atoms with Crippen molar-refractivity contribution >= 4 is 27.5 Å². The lowest BCUT2D eigenvalue weighted by Crippen LogP contribution is -2.23. The normalized spacial score (nSPS) is 24.9. The Kier molecular flexibility index (Phi) is 8.62. The highest BCUT2D eigenvalue weighted by atomic mass is 32.1. The zero-order valence-electron chi connectivity index (χ0n) is 17.6. The number of unbranched alkanes of at least 4 members (excludes halogenated alkanes) is 3. The maximum atomic E-state index is 11.1. The number of carbonyl (C=O) groups excluding carboxylic acids is 1. The van der Waals surface area contributed by atoms with Gasteiger partial charge in [0.1, 0.15) is 11.1 Å². The lowest BCUT2D eigenvalue weighted by atomic mass is 9.85. The molecule has 0 bridgehead atoms. The number of methoxy groups -OCH3 is 1. The molecule has 1 aliphatic rings. The zero-order chi connectivity index (χ0) is 21.5. The van der Waals surface area contributed by atoms with Gasteiger partial charge < -0.3 is 20.1 Å². The predicted octanol–water partition coefficient (Wildman–Crippen LogP) is 3.98. The molecule has 3 rings (SSSR count). The summed E-state index contributed by atoms with van der Waals surface area (Å²) in [5, 5.41) is 32.2. The highest BCUT2D eigenvalue weighted by molar-refractivity contribution is 7.18. The van der Waals surface area contributed by atoms with Gasteiger partial charge in [0.05, 0.1) is 29.5 Å². The van der Waals surface area contributed by atoms with Crippen molar-refractivity contribution in [1.82, 2.24) is 4.98 Å². The Balaban J connectivity index is 1.46. The van der Waals surface area contributed by atoms with Gasteiger partial charge in [-0.25, -0.2) is 4.98 Å². The number of benzene rings is 1. The van der Waals surface area contributed by atoms with E-state index in [0.717, 1.165) is 42.3 Å². The molecule has 0 aliphatic heterocycles. The standard InChI is InChI=1S/C23H33NO5S/c1-29-22(28)11-5-3-2-4-8-15-16(20(27)14-19(15)26)12-13-18(25)23-24-17-9-6-7-10-21(17)30-23/h6-7,9-10,15-16,18-20,25-27H,2-5,8,11-14H2,1H3/t15?,16-,18?,19+,20-/m1/s1. The maximum Gasteiger partial charge on any atom is 0.305 e. The number of esters is 1. The number of carbonyl (C=O) groups is 1. The van der Waals surface area contributed by atoms with Crippen LogP contribution in [0, 0.1) is 11.8 Å². The van der Waals surface area contributed by atoms with Crippen molar-refractivity contribution in [3.63, 3.8) is 0 Å². The molecule has 7 heteroatoms. The van der Waals surface area contributed by atoms with Gasteiger partial charge in [0.15, 0.2) is 0 Å². The van der Waals surface area contributed by atoms with Gasteiger partial charge in [-0.05, 0) is 56.1 Å². The van der Waals surface area contributed by atoms with Crippen LogP contribution in [0.3, 0.4) is 0 Å². The first-order chi connectivity index (χ1) is 14.5. The first-order valence-corrected chi connectivity index (χ1v) is 11.8. The highest BCUT2D eigenvalue weighted by Crippen LogP contribution is 2.40. The number of rotatable bonds is 11. The predicted molar refractivity (Wildman–Crippen MR) is 117 cm³/mol. The molecule has 0 amide bonds. The minimum atomic E-state index is -0.647. The van der Waals surface area contributed by atoms with Crippen molar-refractivity contribution in [2.24, 2.45) is 11.8 Å². The van der Waals surface area contributed by atoms with E-state index in [9.17, 15) is 20.1 Å². The number of fused-ring (bicyclic) bond motifs is 1. The molecule has 0 radical (unpaired) electrons. The fraction of sp³-hybridized carbons (Fsp3) is 0.652. The van der Waals surface area contributed by atoms with Crippen molar-refractivity contribution in [3.05, 3.63) is 29.3 Å². The van der Waals surface area contributed by atoms with Crippen LogP contribution in [0.15, 0.2) is 24.3 Å². The molecule has 1 aliphatic carbocycles. The maximum absolute atomic E-state index is 11.1. The number of ether oxygens (including phenoxy) is 1. The summed E-state index contributed by atoms with van der Waals surface area (Å²) >= 11 is 1.51. The molecule has 1 heterocycles. The smallest absolute Gasteiger partial charge is 0.305 e. The molecule has 3 N–H and O–H groups in total. The summed E-state index contributed by atoms with van der Waals surface area (Å²) in [5.41, 5.74) is 0.901. The highest BCUT2D eigenvalue weighted by Gasteiger charge is 2.41. The fourth-order valence-corrected chi connectivity index (χ4v) is 5.58. The van der Waals surface area contributed by atoms with Crippen LogP contribution in [0.5, 0.6) is 0 Å². The van der Waals surface area contributed by atoms with Gasteiger partial charge in [0.2, 0.25) is 0 Å². The van der Waals surface area contributed by atoms with E-state index in [1.54, 1.807) is 0 Å². The topological polar surface area (TPSA) is 99.9 Å². The molecule has 166 valence electrons. The average molecular weight is 436 g/mol. The van der Waals surface area contributed by atoms with Crippen molar-refractivity contribution in [3.8, 4) is 0 Å². The summed E-state index contributed by atoms with van der Waals surface area (Å²) < 4.78 is 5.71. The Morgan fingerprint density at radius 2 is 1.83 bits per heavy atom. The number of thiazole rings is 1. The van der Waals surface area contributed by atoms with Gasteiger partial charge in [-0.15, -0.1) is 11.3 Å². The molecule has 5 atom stereocenters. The summed E-state index contributed by atoms with van der Waals surface area (Å²) in [6, 6.07) is 7.85. The molecular formula is C23H33NO5S. The first-order valence-electron chi connectivity index (χ1n) is 11.0. The molecular weight excluding hydrogens is 402 g/mol. The number of hydrogen-bond acceptors (Lipinski definition) is 7. The van der Waals surface area contributed by atoms with Crippen LogP contribution >= 0.6 is 11.3 Å². The van der Waals surface area contributed by atoms with Crippen LogP contribution in [0.4, 0.5) is 0 Å². The second-order valence-corrected chi connectivity index (χ2v) is 9.40. The van der Waals surface area contributed by atoms with Crippen molar-refractivity contribution in [2.75, 3.05) is 7.11 Å². The van der Waals surface area contributed by atoms with Gasteiger partial charge in [0.25, 0.3) is 0 Å². The van der Waals surface area contributed by atoms with Crippen molar-refractivity contribution < 1.29 is 24.9 Å². The van der Waals surface area contributed by atoms with Crippen LogP contribution in [0.1, 0.15) is 68.9 Å². The van der Waals surface area contributed by atoms with Crippen LogP contribution in [-0.4, -0.2) is 45.6 Å². The molecule has 1 aromatic heterocycles. The third-order valence-electron chi connectivity index (χ3n) is 6.29. The number of hydrogen-bond donors (Lipinski definition) is 3. The fourth-order valence-electron chi connectivity index (χ4n) is 4.59. The molecule has 0 saturated heterocycles. The van der Waals surface area contributed by atoms with Gasteiger partial charge in [-0.3, -0.25) is 4.79 Å². The lowest BCUT2D eigenvalue weighted by Gasteiger charge is -2.24. The van der Waals surface area contributed by atoms with E-state index >= 15 is 0 Å². The van der Waals surface area contributed by atoms with E-state index in [2.05, 4.69) is 9.72 Å². The number of aliphatic hydroxyl groups excluding tert-OH is 3. The van der Waals surface area contributed by atoms with E-state index in [1.807, 2.05) is 24.3 Å². The first kappa shape index (κ1) is 23.1. The SMILES string of the molecule is COC(=O)CCCCCCC1[C@@H](CCC(O)c2nc3ccccc3s2)[C@H](O)C[C@@H]1O. The summed E-state index contributed by atoms with van der Waals surface area (Å²) in [6.45, 7) is 0. The van der Waals surface area contributed by atoms with E-state index in [4.69, 9.17) is 0 Å². The van der Waals surface area contributed by atoms with Gasteiger partial charge >= 0.3 is 5.97 Å². The summed E-state index contributed by atoms with van der Waals surface area (Å²) in [4.78, 5) is 15.7. The number of aromatic nitrogens is 1. The molecule has 2 unspecified atom stereocenters. The summed E-state index contributed by atoms with van der Waals surface area (Å²) in [7, 11) is 1.41. The van der Waals surface area contributed by atoms with Gasteiger partial charge in [-0.1, -0.05) is 31.4 Å². The van der Waals surface area contributed by atoms with E-state index in [-0.39, 0.29) is 17.8 Å². The number of aliphatic hydroxyl groups is 3. The third kappa shape index (κ3) is 6.00. The zero-order valence-corrected chi connectivity index (χ0v) is 18.4. The molecule has 6 nitrogen and oxygen atoms in total. The third-order valence-corrected chi connectivity index (χ3v) is 7.42. The quantitative estimate of drug-likeness (QED) is 0.365. The lowest BCUT2D eigenvalue weighted by molar-refractivity contribution is -0.140. The Hall–Kier alpha value is -1.54. The van der Waals surface area contributed by atoms with Crippen LogP contribution in [-0.2, 0) is 9.53 Å². The number of para-hydroxylation sites is 1. The van der Waals surface area contributed by atoms with E-state index in [1.165, 1.54) is 18.4 Å². The van der Waals surface area contributed by atoms with Crippen molar-refractivity contribution in [2.45, 2.75) is 76.1 Å². The van der Waals surface area contributed by atoms with E-state index in [0.29, 0.717) is 30.7 Å². The molecule has 1 aromatic carbocycles. The Morgan fingerprint density at radius 3 is 2.57 bits per heavy atom. The molecule has 0 spiro atoms.